The lowest BCUT2D eigenvalue weighted by molar-refractivity contribution is 0.169. The van der Waals surface area contributed by atoms with Gasteiger partial charge in [0.25, 0.3) is 0 Å². The Morgan fingerprint density at radius 2 is 2.20 bits per heavy atom. The van der Waals surface area contributed by atoms with Crippen LogP contribution in [0.5, 0.6) is 5.75 Å². The van der Waals surface area contributed by atoms with Gasteiger partial charge in [-0.25, -0.2) is 0 Å². The van der Waals surface area contributed by atoms with E-state index < -0.39 is 6.10 Å². The van der Waals surface area contributed by atoms with Gasteiger partial charge in [-0.2, -0.15) is 0 Å². The predicted octanol–water partition coefficient (Wildman–Crippen LogP) is 2.15. The Hall–Kier alpha value is -0.580. The molecular formula is C11H16BrNO2. The van der Waals surface area contributed by atoms with Crippen LogP contribution in [0.25, 0.3) is 0 Å². The first-order valence-corrected chi connectivity index (χ1v) is 5.61. The highest BCUT2D eigenvalue weighted by atomic mass is 79.9. The molecule has 0 heterocycles. The molecule has 4 heteroatoms. The van der Waals surface area contributed by atoms with Crippen LogP contribution in [0, 0.1) is 6.92 Å². The Kier molecular flexibility index (Phi) is 4.57. The number of methoxy groups -OCH3 is 1. The van der Waals surface area contributed by atoms with Crippen LogP contribution in [0.15, 0.2) is 16.6 Å². The van der Waals surface area contributed by atoms with Gasteiger partial charge in [0, 0.05) is 4.47 Å². The van der Waals surface area contributed by atoms with Crippen molar-refractivity contribution >= 4 is 15.9 Å². The average Bonchev–Trinajstić information content (AvgIpc) is 2.22. The van der Waals surface area contributed by atoms with Crippen LogP contribution >= 0.6 is 15.9 Å². The lowest BCUT2D eigenvalue weighted by Crippen LogP contribution is -2.08. The van der Waals surface area contributed by atoms with Crippen LogP contribution in [0.4, 0.5) is 0 Å². The van der Waals surface area contributed by atoms with Gasteiger partial charge in [0.1, 0.15) is 5.75 Å². The molecule has 1 atom stereocenters. The lowest BCUT2D eigenvalue weighted by Gasteiger charge is -2.15. The van der Waals surface area contributed by atoms with Crippen molar-refractivity contribution in [3.63, 3.8) is 0 Å². The predicted molar refractivity (Wildman–Crippen MR) is 64.1 cm³/mol. The molecule has 84 valence electrons. The van der Waals surface area contributed by atoms with Crippen LogP contribution in [0.1, 0.15) is 23.7 Å². The second-order valence-corrected chi connectivity index (χ2v) is 4.23. The first-order chi connectivity index (χ1) is 7.10. The minimum absolute atomic E-state index is 0.462. The maximum atomic E-state index is 9.88. The van der Waals surface area contributed by atoms with Crippen molar-refractivity contribution in [2.45, 2.75) is 19.4 Å². The molecule has 0 bridgehead atoms. The molecule has 1 unspecified atom stereocenters. The van der Waals surface area contributed by atoms with Crippen molar-refractivity contribution in [1.29, 1.82) is 0 Å². The first kappa shape index (κ1) is 12.5. The van der Waals surface area contributed by atoms with E-state index in [1.54, 1.807) is 7.11 Å². The fraction of sp³-hybridized carbons (Fsp3) is 0.455. The Balaban J connectivity index is 3.09. The number of rotatable bonds is 4. The van der Waals surface area contributed by atoms with E-state index in [-0.39, 0.29) is 0 Å². The summed E-state index contributed by atoms with van der Waals surface area (Å²) in [6.45, 7) is 2.43. The summed E-state index contributed by atoms with van der Waals surface area (Å²) in [5.74, 6) is 0.752. The Morgan fingerprint density at radius 1 is 1.53 bits per heavy atom. The molecule has 0 radical (unpaired) electrons. The summed E-state index contributed by atoms with van der Waals surface area (Å²) in [4.78, 5) is 0. The van der Waals surface area contributed by atoms with Gasteiger partial charge in [0.15, 0.2) is 0 Å². The quantitative estimate of drug-likeness (QED) is 0.884. The number of hydrogen-bond donors (Lipinski definition) is 2. The molecule has 1 aromatic rings. The molecule has 0 spiro atoms. The number of hydrogen-bond acceptors (Lipinski definition) is 3. The molecular weight excluding hydrogens is 258 g/mol. The topological polar surface area (TPSA) is 55.5 Å². The molecule has 0 saturated heterocycles. The number of benzene rings is 1. The number of nitrogens with two attached hydrogens (primary N) is 1. The first-order valence-electron chi connectivity index (χ1n) is 4.82. The van der Waals surface area contributed by atoms with E-state index in [0.717, 1.165) is 21.3 Å². The fourth-order valence-corrected chi connectivity index (χ4v) is 1.93. The zero-order valence-corrected chi connectivity index (χ0v) is 10.5. The van der Waals surface area contributed by atoms with Gasteiger partial charge in [-0.05, 0) is 43.1 Å². The second kappa shape index (κ2) is 5.49. The third-order valence-electron chi connectivity index (χ3n) is 2.29. The fourth-order valence-electron chi connectivity index (χ4n) is 1.44. The van der Waals surface area contributed by atoms with Gasteiger partial charge in [-0.1, -0.05) is 15.9 Å². The van der Waals surface area contributed by atoms with Crippen molar-refractivity contribution in [2.24, 2.45) is 5.73 Å². The van der Waals surface area contributed by atoms with Crippen molar-refractivity contribution in [1.82, 2.24) is 0 Å². The summed E-state index contributed by atoms with van der Waals surface area (Å²) in [6.07, 6.45) is 0.00348. The van der Waals surface area contributed by atoms with Gasteiger partial charge in [-0.15, -0.1) is 0 Å². The average molecular weight is 274 g/mol. The molecule has 0 aliphatic carbocycles. The molecule has 15 heavy (non-hydrogen) atoms. The summed E-state index contributed by atoms with van der Waals surface area (Å²) in [5.41, 5.74) is 7.29. The number of ether oxygens (including phenoxy) is 1. The highest BCUT2D eigenvalue weighted by Gasteiger charge is 2.13. The monoisotopic (exact) mass is 273 g/mol. The number of aryl methyl sites for hydroxylation is 1. The van der Waals surface area contributed by atoms with Crippen LogP contribution in [0.3, 0.4) is 0 Å². The van der Waals surface area contributed by atoms with E-state index in [4.69, 9.17) is 10.5 Å². The lowest BCUT2D eigenvalue weighted by atomic mass is 10.0. The van der Waals surface area contributed by atoms with Gasteiger partial charge in [0.05, 0.1) is 13.2 Å². The van der Waals surface area contributed by atoms with Gasteiger partial charge < -0.3 is 15.6 Å². The molecule has 0 saturated carbocycles. The molecule has 0 aliphatic rings. The van der Waals surface area contributed by atoms with E-state index in [9.17, 15) is 5.11 Å². The van der Waals surface area contributed by atoms with Crippen LogP contribution in [-0.4, -0.2) is 18.8 Å². The highest BCUT2D eigenvalue weighted by molar-refractivity contribution is 9.10. The molecule has 1 rings (SSSR count). The van der Waals surface area contributed by atoms with Crippen molar-refractivity contribution in [3.05, 3.63) is 27.7 Å². The highest BCUT2D eigenvalue weighted by Crippen LogP contribution is 2.32. The summed E-state index contributed by atoms with van der Waals surface area (Å²) < 4.78 is 6.08. The molecule has 1 aromatic carbocycles. The Bertz CT molecular complexity index is 342. The maximum absolute atomic E-state index is 9.88. The summed E-state index contributed by atoms with van der Waals surface area (Å²) in [5, 5.41) is 9.88. The second-order valence-electron chi connectivity index (χ2n) is 3.44. The van der Waals surface area contributed by atoms with Crippen LogP contribution < -0.4 is 10.5 Å². The van der Waals surface area contributed by atoms with E-state index in [1.165, 1.54) is 0 Å². The van der Waals surface area contributed by atoms with Crippen molar-refractivity contribution < 1.29 is 9.84 Å². The third-order valence-corrected chi connectivity index (χ3v) is 3.37. The number of aliphatic hydroxyl groups excluding tert-OH is 1. The molecule has 3 nitrogen and oxygen atoms in total. The van der Waals surface area contributed by atoms with Gasteiger partial charge in [0.2, 0.25) is 0 Å². The van der Waals surface area contributed by atoms with E-state index >= 15 is 0 Å². The minimum Gasteiger partial charge on any atom is -0.497 e. The van der Waals surface area contributed by atoms with Crippen LogP contribution in [0.2, 0.25) is 0 Å². The Labute approximate surface area is 98.4 Å². The van der Waals surface area contributed by atoms with E-state index in [1.807, 2.05) is 19.1 Å². The number of halogens is 1. The standard InChI is InChI=1S/C11H16BrNO2/c1-7-5-8(15-2)6-9(11(7)12)10(14)3-4-13/h5-6,10,14H,3-4,13H2,1-2H3. The van der Waals surface area contributed by atoms with E-state index in [0.29, 0.717) is 13.0 Å². The van der Waals surface area contributed by atoms with Crippen LogP contribution in [-0.2, 0) is 0 Å². The zero-order valence-electron chi connectivity index (χ0n) is 8.96. The van der Waals surface area contributed by atoms with Gasteiger partial charge >= 0.3 is 0 Å². The summed E-state index contributed by atoms with van der Waals surface area (Å²) in [7, 11) is 1.61. The summed E-state index contributed by atoms with van der Waals surface area (Å²) in [6, 6.07) is 3.75. The largest absolute Gasteiger partial charge is 0.497 e. The molecule has 3 N–H and O–H groups in total. The Morgan fingerprint density at radius 3 is 2.73 bits per heavy atom. The minimum atomic E-state index is -0.543. The zero-order chi connectivity index (χ0) is 11.4. The normalized spacial score (nSPS) is 12.6. The van der Waals surface area contributed by atoms with Crippen molar-refractivity contribution in [3.8, 4) is 5.75 Å². The summed E-state index contributed by atoms with van der Waals surface area (Å²) >= 11 is 3.46. The molecule has 0 fully saturated rings. The molecule has 0 aromatic heterocycles. The molecule has 0 amide bonds. The van der Waals surface area contributed by atoms with Crippen molar-refractivity contribution in [2.75, 3.05) is 13.7 Å². The number of aliphatic hydroxyl groups is 1. The van der Waals surface area contributed by atoms with E-state index in [2.05, 4.69) is 15.9 Å². The maximum Gasteiger partial charge on any atom is 0.119 e. The molecule has 0 aliphatic heterocycles. The van der Waals surface area contributed by atoms with Gasteiger partial charge in [-0.3, -0.25) is 0 Å². The smallest absolute Gasteiger partial charge is 0.119 e. The third kappa shape index (κ3) is 2.93. The SMILES string of the molecule is COc1cc(C)c(Br)c(C(O)CCN)c1.